The molecule has 0 aliphatic rings. The number of hydrogen-bond donors (Lipinski definition) is 1. The monoisotopic (exact) mass is 431 g/mol. The molecule has 0 saturated heterocycles. The van der Waals surface area contributed by atoms with E-state index in [-0.39, 0.29) is 23.2 Å². The first-order valence-electron chi connectivity index (χ1n) is 9.11. The van der Waals surface area contributed by atoms with Gasteiger partial charge in [-0.05, 0) is 36.8 Å². The van der Waals surface area contributed by atoms with E-state index in [0.717, 1.165) is 5.56 Å². The Morgan fingerprint density at radius 3 is 2.57 bits per heavy atom. The lowest BCUT2D eigenvalue weighted by atomic mass is 10.2. The minimum Gasteiger partial charge on any atom is -0.493 e. The van der Waals surface area contributed by atoms with Gasteiger partial charge in [-0.3, -0.25) is 4.79 Å². The highest BCUT2D eigenvalue weighted by atomic mass is 32.2. The van der Waals surface area contributed by atoms with Crippen LogP contribution in [0.5, 0.6) is 11.5 Å². The van der Waals surface area contributed by atoms with Crippen molar-refractivity contribution >= 4 is 15.7 Å². The maximum Gasteiger partial charge on any atom is 0.309 e. The summed E-state index contributed by atoms with van der Waals surface area (Å²) in [7, 11) is -2.12. The zero-order valence-corrected chi connectivity index (χ0v) is 17.3. The Hall–Kier alpha value is -3.40. The van der Waals surface area contributed by atoms with Crippen LogP contribution in [0, 0.1) is 0 Å². The van der Waals surface area contributed by atoms with Crippen molar-refractivity contribution in [2.75, 3.05) is 13.7 Å². The van der Waals surface area contributed by atoms with Gasteiger partial charge in [0.1, 0.15) is 5.75 Å². The number of aromatic nitrogens is 2. The molecule has 0 aliphatic carbocycles. The standard InChI is InChI=1S/C20H21N3O6S/c1-3-28-16-10-9-14(11-17(16)27-2)12-21-19(24)20-23-22-18(29-20)13-30(25,26)15-7-5-4-6-8-15/h4-11H,3,12-13H2,1-2H3,(H,21,24). The second-order valence-corrected chi connectivity index (χ2v) is 8.16. The van der Waals surface area contributed by atoms with Gasteiger partial charge in [-0.25, -0.2) is 8.42 Å². The maximum atomic E-state index is 12.4. The van der Waals surface area contributed by atoms with E-state index in [9.17, 15) is 13.2 Å². The van der Waals surface area contributed by atoms with Crippen LogP contribution in [0.15, 0.2) is 57.8 Å². The number of methoxy groups -OCH3 is 1. The number of sulfone groups is 1. The average Bonchev–Trinajstić information content (AvgIpc) is 3.21. The van der Waals surface area contributed by atoms with Gasteiger partial charge in [0.2, 0.25) is 5.89 Å². The van der Waals surface area contributed by atoms with Crippen LogP contribution in [0.4, 0.5) is 0 Å². The predicted molar refractivity (Wildman–Crippen MR) is 107 cm³/mol. The van der Waals surface area contributed by atoms with Crippen molar-refractivity contribution in [2.45, 2.75) is 24.1 Å². The van der Waals surface area contributed by atoms with E-state index < -0.39 is 21.5 Å². The Labute approximate surface area is 174 Å². The molecule has 0 atom stereocenters. The van der Waals surface area contributed by atoms with E-state index in [2.05, 4.69) is 15.5 Å². The Morgan fingerprint density at radius 2 is 1.87 bits per heavy atom. The van der Waals surface area contributed by atoms with Crippen LogP contribution in [0.25, 0.3) is 0 Å². The highest BCUT2D eigenvalue weighted by Gasteiger charge is 2.21. The van der Waals surface area contributed by atoms with E-state index in [1.807, 2.05) is 6.92 Å². The quantitative estimate of drug-likeness (QED) is 0.548. The maximum absolute atomic E-state index is 12.4. The molecule has 0 unspecified atom stereocenters. The summed E-state index contributed by atoms with van der Waals surface area (Å²) in [6, 6.07) is 13.2. The van der Waals surface area contributed by atoms with Crippen LogP contribution in [0.1, 0.15) is 29.1 Å². The smallest absolute Gasteiger partial charge is 0.309 e. The first-order chi connectivity index (χ1) is 14.4. The summed E-state index contributed by atoms with van der Waals surface area (Å²) in [6.45, 7) is 2.56. The second-order valence-electron chi connectivity index (χ2n) is 6.17. The van der Waals surface area contributed by atoms with Crippen molar-refractivity contribution in [1.82, 2.24) is 15.5 Å². The molecule has 0 saturated carbocycles. The number of nitrogens with zero attached hydrogens (tertiary/aromatic N) is 2. The molecule has 30 heavy (non-hydrogen) atoms. The molecule has 0 radical (unpaired) electrons. The van der Waals surface area contributed by atoms with Gasteiger partial charge < -0.3 is 19.2 Å². The largest absolute Gasteiger partial charge is 0.493 e. The molecule has 0 bridgehead atoms. The van der Waals surface area contributed by atoms with Gasteiger partial charge in [0, 0.05) is 6.54 Å². The molecule has 158 valence electrons. The topological polar surface area (TPSA) is 121 Å². The number of ether oxygens (including phenoxy) is 2. The van der Waals surface area contributed by atoms with Gasteiger partial charge in [0.25, 0.3) is 0 Å². The Bertz CT molecular complexity index is 1110. The van der Waals surface area contributed by atoms with Crippen molar-refractivity contribution in [1.29, 1.82) is 0 Å². The van der Waals surface area contributed by atoms with Crippen molar-refractivity contribution in [3.63, 3.8) is 0 Å². The molecule has 10 heteroatoms. The Morgan fingerprint density at radius 1 is 1.10 bits per heavy atom. The van der Waals surface area contributed by atoms with E-state index in [0.29, 0.717) is 18.1 Å². The number of nitrogens with one attached hydrogen (secondary N) is 1. The summed E-state index contributed by atoms with van der Waals surface area (Å²) in [4.78, 5) is 12.4. The minimum absolute atomic E-state index is 0.138. The summed E-state index contributed by atoms with van der Waals surface area (Å²) in [5.74, 6) is -0.421. The number of carbonyl (C=O) groups excluding carboxylic acids is 1. The van der Waals surface area contributed by atoms with Crippen LogP contribution >= 0.6 is 0 Å². The fraction of sp³-hybridized carbons (Fsp3) is 0.250. The summed E-state index contributed by atoms with van der Waals surface area (Å²) in [6.07, 6.45) is 0. The van der Waals surface area contributed by atoms with Crippen molar-refractivity contribution in [3.8, 4) is 11.5 Å². The zero-order chi connectivity index (χ0) is 21.6. The lowest BCUT2D eigenvalue weighted by Gasteiger charge is -2.11. The molecule has 1 aromatic heterocycles. The summed E-state index contributed by atoms with van der Waals surface area (Å²) >= 11 is 0. The van der Waals surface area contributed by atoms with E-state index >= 15 is 0 Å². The Kier molecular flexibility index (Phi) is 6.68. The zero-order valence-electron chi connectivity index (χ0n) is 16.5. The molecule has 3 rings (SSSR count). The number of amides is 1. The summed E-state index contributed by atoms with van der Waals surface area (Å²) in [5, 5.41) is 9.95. The Balaban J connectivity index is 1.63. The number of carbonyl (C=O) groups is 1. The predicted octanol–water partition coefficient (Wildman–Crippen LogP) is 2.38. The fourth-order valence-electron chi connectivity index (χ4n) is 2.63. The third-order valence-electron chi connectivity index (χ3n) is 4.06. The van der Waals surface area contributed by atoms with Crippen molar-refractivity contribution < 1.29 is 27.1 Å². The van der Waals surface area contributed by atoms with Crippen molar-refractivity contribution in [3.05, 3.63) is 65.9 Å². The molecule has 0 spiro atoms. The van der Waals surface area contributed by atoms with Gasteiger partial charge in [-0.15, -0.1) is 10.2 Å². The van der Waals surface area contributed by atoms with Gasteiger partial charge in [-0.1, -0.05) is 24.3 Å². The minimum atomic E-state index is -3.65. The van der Waals surface area contributed by atoms with Crippen LogP contribution in [-0.2, 0) is 22.1 Å². The molecule has 1 heterocycles. The van der Waals surface area contributed by atoms with E-state index in [4.69, 9.17) is 13.9 Å². The second kappa shape index (κ2) is 9.40. The van der Waals surface area contributed by atoms with Crippen LogP contribution in [-0.4, -0.2) is 38.2 Å². The third-order valence-corrected chi connectivity index (χ3v) is 5.68. The van der Waals surface area contributed by atoms with E-state index in [1.54, 1.807) is 36.4 Å². The molecule has 1 N–H and O–H groups in total. The molecule has 0 aliphatic heterocycles. The van der Waals surface area contributed by atoms with Crippen LogP contribution in [0.2, 0.25) is 0 Å². The summed E-state index contributed by atoms with van der Waals surface area (Å²) < 4.78 is 40.7. The number of hydrogen-bond acceptors (Lipinski definition) is 8. The fourth-order valence-corrected chi connectivity index (χ4v) is 3.81. The molecule has 1 amide bonds. The van der Waals surface area contributed by atoms with Gasteiger partial charge >= 0.3 is 11.8 Å². The van der Waals surface area contributed by atoms with Crippen molar-refractivity contribution in [2.24, 2.45) is 0 Å². The third kappa shape index (κ3) is 5.15. The average molecular weight is 431 g/mol. The highest BCUT2D eigenvalue weighted by molar-refractivity contribution is 7.90. The lowest BCUT2D eigenvalue weighted by molar-refractivity contribution is 0.0914. The molecule has 9 nitrogen and oxygen atoms in total. The number of benzene rings is 2. The first kappa shape index (κ1) is 21.3. The first-order valence-corrected chi connectivity index (χ1v) is 10.8. The molecule has 3 aromatic rings. The number of rotatable bonds is 9. The van der Waals surface area contributed by atoms with Gasteiger partial charge in [0.05, 0.1) is 18.6 Å². The van der Waals surface area contributed by atoms with Gasteiger partial charge in [0.15, 0.2) is 21.3 Å². The highest BCUT2D eigenvalue weighted by Crippen LogP contribution is 2.28. The molecular weight excluding hydrogens is 410 g/mol. The van der Waals surface area contributed by atoms with Crippen LogP contribution in [0.3, 0.4) is 0 Å². The molecule has 0 fully saturated rings. The normalized spacial score (nSPS) is 11.1. The van der Waals surface area contributed by atoms with E-state index in [1.165, 1.54) is 19.2 Å². The SMILES string of the molecule is CCOc1ccc(CNC(=O)c2nnc(CS(=O)(=O)c3ccccc3)o2)cc1OC. The lowest BCUT2D eigenvalue weighted by Crippen LogP contribution is -2.23. The van der Waals surface area contributed by atoms with Crippen LogP contribution < -0.4 is 14.8 Å². The molecule has 2 aromatic carbocycles. The van der Waals surface area contributed by atoms with Gasteiger partial charge in [-0.2, -0.15) is 0 Å². The summed E-state index contributed by atoms with van der Waals surface area (Å²) in [5.41, 5.74) is 0.773. The molecular formula is C20H21N3O6S.